The molecule has 27 heavy (non-hydrogen) atoms. The molecule has 1 atom stereocenters. The van der Waals surface area contributed by atoms with Crippen LogP contribution >= 0.6 is 11.8 Å². The fourth-order valence-electron chi connectivity index (χ4n) is 2.99. The van der Waals surface area contributed by atoms with E-state index in [1.165, 1.54) is 11.8 Å². The van der Waals surface area contributed by atoms with Gasteiger partial charge in [0.1, 0.15) is 5.69 Å². The molecule has 1 amide bonds. The zero-order valence-corrected chi connectivity index (χ0v) is 15.5. The van der Waals surface area contributed by atoms with E-state index in [-0.39, 0.29) is 5.50 Å². The lowest BCUT2D eigenvalue weighted by atomic mass is 10.2. The van der Waals surface area contributed by atoms with Crippen molar-refractivity contribution in [2.24, 2.45) is 5.73 Å². The number of nitrogens with two attached hydrogens (primary N) is 1. The van der Waals surface area contributed by atoms with E-state index in [4.69, 9.17) is 5.73 Å². The predicted octanol–water partition coefficient (Wildman–Crippen LogP) is 2.76. The van der Waals surface area contributed by atoms with Gasteiger partial charge in [0, 0.05) is 30.2 Å². The quantitative estimate of drug-likeness (QED) is 0.734. The summed E-state index contributed by atoms with van der Waals surface area (Å²) in [5.74, 6) is -0.425. The molecule has 0 fully saturated rings. The summed E-state index contributed by atoms with van der Waals surface area (Å²) < 4.78 is 1.76. The number of hydrogen-bond acceptors (Lipinski definition) is 6. The summed E-state index contributed by atoms with van der Waals surface area (Å²) in [6.07, 6.45) is 5.33. The Labute approximate surface area is 160 Å². The maximum Gasteiger partial charge on any atom is 0.257 e. The van der Waals surface area contributed by atoms with E-state index in [0.29, 0.717) is 11.4 Å². The zero-order chi connectivity index (χ0) is 18.8. The molecule has 4 rings (SSSR count). The van der Waals surface area contributed by atoms with Gasteiger partial charge in [-0.2, -0.15) is 0 Å². The van der Waals surface area contributed by atoms with Crippen LogP contribution in [-0.4, -0.2) is 30.8 Å². The van der Waals surface area contributed by atoms with Crippen LogP contribution in [0.2, 0.25) is 0 Å². The predicted molar refractivity (Wildman–Crippen MR) is 104 cm³/mol. The molecule has 0 saturated carbocycles. The minimum atomic E-state index is -0.425. The van der Waals surface area contributed by atoms with Crippen LogP contribution in [0.15, 0.2) is 71.7 Å². The highest BCUT2D eigenvalue weighted by atomic mass is 32.2. The molecule has 8 heteroatoms. The number of thioether (sulfide) groups is 1. The van der Waals surface area contributed by atoms with Gasteiger partial charge in [-0.3, -0.25) is 9.78 Å². The first kappa shape index (κ1) is 17.3. The van der Waals surface area contributed by atoms with Crippen molar-refractivity contribution < 1.29 is 4.79 Å². The van der Waals surface area contributed by atoms with Crippen LogP contribution in [0.4, 0.5) is 0 Å². The average Bonchev–Trinajstić information content (AvgIpc) is 3.29. The molecule has 0 bridgehead atoms. The Hall–Kier alpha value is -3.13. The van der Waals surface area contributed by atoms with Crippen molar-refractivity contribution in [1.82, 2.24) is 24.9 Å². The van der Waals surface area contributed by atoms with Crippen LogP contribution in [0.25, 0.3) is 11.3 Å². The zero-order valence-electron chi connectivity index (χ0n) is 14.7. The van der Waals surface area contributed by atoms with E-state index in [9.17, 15) is 4.79 Å². The van der Waals surface area contributed by atoms with E-state index < -0.39 is 5.91 Å². The summed E-state index contributed by atoms with van der Waals surface area (Å²) >= 11 is 1.39. The Kier molecular flexibility index (Phi) is 4.64. The minimum Gasteiger partial charge on any atom is -0.365 e. The van der Waals surface area contributed by atoms with Crippen LogP contribution in [-0.2, 0) is 11.3 Å². The first-order valence-corrected chi connectivity index (χ1v) is 9.31. The molecule has 7 nitrogen and oxygen atoms in total. The van der Waals surface area contributed by atoms with E-state index >= 15 is 0 Å². The fourth-order valence-corrected chi connectivity index (χ4v) is 4.18. The second kappa shape index (κ2) is 7.24. The van der Waals surface area contributed by atoms with Crippen molar-refractivity contribution in [2.75, 3.05) is 0 Å². The largest absolute Gasteiger partial charge is 0.365 e. The molecule has 2 N–H and O–H groups in total. The van der Waals surface area contributed by atoms with Gasteiger partial charge in [0.05, 0.1) is 11.1 Å². The van der Waals surface area contributed by atoms with E-state index in [1.807, 2.05) is 43.5 Å². The number of carbonyl (C=O) groups excluding carboxylic acids is 1. The molecule has 2 aromatic heterocycles. The summed E-state index contributed by atoms with van der Waals surface area (Å²) in [5, 5.41) is 8.56. The molecule has 0 spiro atoms. The van der Waals surface area contributed by atoms with Crippen molar-refractivity contribution in [2.45, 2.75) is 19.0 Å². The van der Waals surface area contributed by atoms with Gasteiger partial charge in [-0.15, -0.1) is 5.10 Å². The number of rotatable bonds is 5. The van der Waals surface area contributed by atoms with E-state index in [0.717, 1.165) is 22.5 Å². The molecule has 1 aliphatic heterocycles. The molecule has 3 aromatic rings. The Morgan fingerprint density at radius 3 is 2.74 bits per heavy atom. The monoisotopic (exact) mass is 378 g/mol. The maximum absolute atomic E-state index is 11.9. The van der Waals surface area contributed by atoms with Crippen LogP contribution in [0.5, 0.6) is 0 Å². The average molecular weight is 378 g/mol. The van der Waals surface area contributed by atoms with Crippen LogP contribution < -0.4 is 5.73 Å². The number of aromatic nitrogens is 4. The number of amides is 1. The van der Waals surface area contributed by atoms with Gasteiger partial charge in [0.2, 0.25) is 0 Å². The van der Waals surface area contributed by atoms with E-state index in [1.54, 1.807) is 17.1 Å². The summed E-state index contributed by atoms with van der Waals surface area (Å²) in [5.41, 5.74) is 8.96. The Bertz CT molecular complexity index is 986. The number of allylic oxidation sites excluding steroid dienone is 1. The standard InChI is InChI=1S/C19H18N6OS/c1-13-17(18(20)26)27-19(24(13)11-14-6-3-2-4-7-14)25-12-16(22-23-25)15-8-5-9-21-10-15/h2-10,12,19H,11H2,1H3,(H2,20,26). The lowest BCUT2D eigenvalue weighted by Gasteiger charge is -2.27. The molecule has 136 valence electrons. The number of carbonyl (C=O) groups is 1. The third-order valence-corrected chi connectivity index (χ3v) is 5.78. The normalized spacial score (nSPS) is 16.8. The summed E-state index contributed by atoms with van der Waals surface area (Å²) in [6.45, 7) is 2.55. The van der Waals surface area contributed by atoms with Crippen molar-refractivity contribution in [3.05, 3.63) is 77.2 Å². The first-order chi connectivity index (χ1) is 13.1. The van der Waals surface area contributed by atoms with Crippen molar-refractivity contribution >= 4 is 17.7 Å². The molecular formula is C19H18N6OS. The van der Waals surface area contributed by atoms with Crippen LogP contribution in [0.1, 0.15) is 18.0 Å². The third kappa shape index (κ3) is 3.43. The van der Waals surface area contributed by atoms with Gasteiger partial charge in [-0.1, -0.05) is 47.3 Å². The number of nitrogens with zero attached hydrogens (tertiary/aromatic N) is 5. The SMILES string of the molecule is CC1=C(C(N)=O)SC(n2cc(-c3cccnc3)nn2)N1Cc1ccccc1. The number of benzene rings is 1. The third-order valence-electron chi connectivity index (χ3n) is 4.36. The highest BCUT2D eigenvalue weighted by Gasteiger charge is 2.34. The number of primary amides is 1. The van der Waals surface area contributed by atoms with Gasteiger partial charge in [0.25, 0.3) is 5.91 Å². The van der Waals surface area contributed by atoms with Gasteiger partial charge >= 0.3 is 0 Å². The van der Waals surface area contributed by atoms with Gasteiger partial charge < -0.3 is 10.6 Å². The Morgan fingerprint density at radius 1 is 1.22 bits per heavy atom. The van der Waals surface area contributed by atoms with Crippen molar-refractivity contribution in [3.63, 3.8) is 0 Å². The summed E-state index contributed by atoms with van der Waals surface area (Å²) in [7, 11) is 0. The van der Waals surface area contributed by atoms with Gasteiger partial charge in [-0.05, 0) is 24.6 Å². The minimum absolute atomic E-state index is 0.231. The van der Waals surface area contributed by atoms with Gasteiger partial charge in [0.15, 0.2) is 5.50 Å². The molecule has 0 saturated heterocycles. The maximum atomic E-state index is 11.9. The molecular weight excluding hydrogens is 360 g/mol. The van der Waals surface area contributed by atoms with E-state index in [2.05, 4.69) is 32.3 Å². The number of pyridine rings is 1. The molecule has 3 heterocycles. The summed E-state index contributed by atoms with van der Waals surface area (Å²) in [4.78, 5) is 18.7. The molecule has 0 radical (unpaired) electrons. The van der Waals surface area contributed by atoms with Gasteiger partial charge in [-0.25, -0.2) is 4.68 Å². The second-order valence-electron chi connectivity index (χ2n) is 6.16. The topological polar surface area (TPSA) is 89.9 Å². The first-order valence-electron chi connectivity index (χ1n) is 8.43. The van der Waals surface area contributed by atoms with Crippen molar-refractivity contribution in [1.29, 1.82) is 0 Å². The smallest absolute Gasteiger partial charge is 0.257 e. The second-order valence-corrected chi connectivity index (χ2v) is 7.23. The highest BCUT2D eigenvalue weighted by molar-refractivity contribution is 8.04. The lowest BCUT2D eigenvalue weighted by Crippen LogP contribution is -2.26. The molecule has 1 unspecified atom stereocenters. The highest BCUT2D eigenvalue weighted by Crippen LogP contribution is 2.45. The van der Waals surface area contributed by atoms with Crippen LogP contribution in [0, 0.1) is 0 Å². The number of hydrogen-bond donors (Lipinski definition) is 1. The Morgan fingerprint density at radius 2 is 2.04 bits per heavy atom. The molecule has 1 aliphatic rings. The fraction of sp³-hybridized carbons (Fsp3) is 0.158. The summed E-state index contributed by atoms with van der Waals surface area (Å²) in [6, 6.07) is 13.9. The lowest BCUT2D eigenvalue weighted by molar-refractivity contribution is -0.114. The van der Waals surface area contributed by atoms with Crippen LogP contribution in [0.3, 0.4) is 0 Å². The molecule has 0 aliphatic carbocycles. The van der Waals surface area contributed by atoms with Crippen molar-refractivity contribution in [3.8, 4) is 11.3 Å². The molecule has 1 aromatic carbocycles. The Balaban J connectivity index is 1.66.